The molecule has 0 spiro atoms. The van der Waals surface area contributed by atoms with Crippen molar-refractivity contribution in [2.24, 2.45) is 5.73 Å². The zero-order valence-electron chi connectivity index (χ0n) is 7.88. The quantitative estimate of drug-likeness (QED) is 0.691. The molecule has 0 bridgehead atoms. The molecule has 0 aromatic heterocycles. The van der Waals surface area contributed by atoms with Crippen molar-refractivity contribution in [1.29, 1.82) is 0 Å². The summed E-state index contributed by atoms with van der Waals surface area (Å²) in [5.74, 6) is -0.334. The van der Waals surface area contributed by atoms with Gasteiger partial charge in [-0.2, -0.15) is 0 Å². The minimum absolute atomic E-state index is 0.255. The normalized spacial score (nSPS) is 18.3. The minimum atomic E-state index is -3.41. The molecule has 1 heterocycles. The molecule has 15 heavy (non-hydrogen) atoms. The Bertz CT molecular complexity index is 510. The Morgan fingerprint density at radius 1 is 1.33 bits per heavy atom. The fraction of sp³-hybridized carbons (Fsp3) is 0.222. The molecule has 2 N–H and O–H groups in total. The monoisotopic (exact) mass is 226 g/mol. The summed E-state index contributed by atoms with van der Waals surface area (Å²) in [5, 5.41) is 0. The molecule has 1 aromatic rings. The van der Waals surface area contributed by atoms with Gasteiger partial charge in [0.05, 0.1) is 4.90 Å². The summed E-state index contributed by atoms with van der Waals surface area (Å²) < 4.78 is 23.5. The van der Waals surface area contributed by atoms with E-state index in [0.29, 0.717) is 10.5 Å². The maximum Gasteiger partial charge on any atom is 0.315 e. The first-order chi connectivity index (χ1) is 7.00. The van der Waals surface area contributed by atoms with Crippen molar-refractivity contribution in [3.8, 4) is 0 Å². The Morgan fingerprint density at radius 2 is 2.00 bits per heavy atom. The Hall–Kier alpha value is -1.56. The number of carbonyl (C=O) groups excluding carboxylic acids is 1. The van der Waals surface area contributed by atoms with Crippen LogP contribution in [0.4, 0.5) is 4.79 Å². The number of urea groups is 1. The SMILES string of the molecule is NC(=O)N1Cc2ccccc2S(=O)(=O)C1. The maximum absolute atomic E-state index is 11.7. The molecule has 0 unspecified atom stereocenters. The van der Waals surface area contributed by atoms with E-state index in [0.717, 1.165) is 4.90 Å². The summed E-state index contributed by atoms with van der Waals surface area (Å²) in [6.07, 6.45) is 0. The molecule has 0 radical (unpaired) electrons. The first-order valence-corrected chi connectivity index (χ1v) is 6.01. The van der Waals surface area contributed by atoms with Crippen molar-refractivity contribution in [2.75, 3.05) is 5.88 Å². The van der Waals surface area contributed by atoms with Crippen LogP contribution in [0.3, 0.4) is 0 Å². The van der Waals surface area contributed by atoms with Gasteiger partial charge in [0.25, 0.3) is 0 Å². The third-order valence-corrected chi connectivity index (χ3v) is 4.03. The van der Waals surface area contributed by atoms with Gasteiger partial charge in [-0.3, -0.25) is 0 Å². The summed E-state index contributed by atoms with van der Waals surface area (Å²) in [6.45, 7) is 0.255. The molecular weight excluding hydrogens is 216 g/mol. The van der Waals surface area contributed by atoms with E-state index in [1.54, 1.807) is 24.3 Å². The van der Waals surface area contributed by atoms with Crippen LogP contribution in [0, 0.1) is 0 Å². The van der Waals surface area contributed by atoms with Crippen molar-refractivity contribution in [3.63, 3.8) is 0 Å². The summed E-state index contributed by atoms with van der Waals surface area (Å²) in [7, 11) is -3.41. The van der Waals surface area contributed by atoms with Gasteiger partial charge in [0, 0.05) is 6.54 Å². The lowest BCUT2D eigenvalue weighted by atomic mass is 10.2. The van der Waals surface area contributed by atoms with E-state index in [2.05, 4.69) is 0 Å². The molecule has 0 atom stereocenters. The van der Waals surface area contributed by atoms with Crippen molar-refractivity contribution >= 4 is 15.9 Å². The first-order valence-electron chi connectivity index (χ1n) is 4.36. The number of nitrogens with zero attached hydrogens (tertiary/aromatic N) is 1. The molecule has 0 saturated heterocycles. The van der Waals surface area contributed by atoms with Crippen LogP contribution in [-0.2, 0) is 16.4 Å². The van der Waals surface area contributed by atoms with Crippen molar-refractivity contribution in [3.05, 3.63) is 29.8 Å². The fourth-order valence-corrected chi connectivity index (χ4v) is 3.19. The highest BCUT2D eigenvalue weighted by molar-refractivity contribution is 7.91. The van der Waals surface area contributed by atoms with Gasteiger partial charge in [-0.15, -0.1) is 0 Å². The molecule has 1 aliphatic rings. The highest BCUT2D eigenvalue weighted by atomic mass is 32.2. The molecule has 0 saturated carbocycles. The molecule has 6 heteroatoms. The van der Waals surface area contributed by atoms with Gasteiger partial charge in [-0.05, 0) is 11.6 Å². The number of fused-ring (bicyclic) bond motifs is 1. The summed E-state index contributed by atoms with van der Waals surface area (Å²) in [6, 6.07) is 5.91. The standard InChI is InChI=1S/C9H10N2O3S/c10-9(12)11-5-7-3-1-2-4-8(7)15(13,14)6-11/h1-4H,5-6H2,(H2,10,12). The Balaban J connectivity index is 2.53. The smallest absolute Gasteiger partial charge is 0.315 e. The number of nitrogens with two attached hydrogens (primary N) is 1. The second-order valence-electron chi connectivity index (χ2n) is 3.39. The van der Waals surface area contributed by atoms with Crippen LogP contribution in [0.2, 0.25) is 0 Å². The van der Waals surface area contributed by atoms with Gasteiger partial charge in [0.2, 0.25) is 0 Å². The van der Waals surface area contributed by atoms with Crippen LogP contribution in [-0.4, -0.2) is 25.2 Å². The second kappa shape index (κ2) is 3.23. The van der Waals surface area contributed by atoms with Crippen LogP contribution in [0.1, 0.15) is 5.56 Å². The van der Waals surface area contributed by atoms with Gasteiger partial charge >= 0.3 is 6.03 Å². The minimum Gasteiger partial charge on any atom is -0.351 e. The van der Waals surface area contributed by atoms with E-state index in [1.807, 2.05) is 0 Å². The lowest BCUT2D eigenvalue weighted by Gasteiger charge is -2.26. The van der Waals surface area contributed by atoms with Crippen molar-refractivity contribution in [2.45, 2.75) is 11.4 Å². The molecule has 2 amide bonds. The molecule has 2 rings (SSSR count). The van der Waals surface area contributed by atoms with Crippen LogP contribution in [0.15, 0.2) is 29.2 Å². The van der Waals surface area contributed by atoms with Crippen LogP contribution < -0.4 is 5.73 Å². The topological polar surface area (TPSA) is 80.5 Å². The number of primary amides is 1. The first kappa shape index (κ1) is 9.97. The summed E-state index contributed by atoms with van der Waals surface area (Å²) >= 11 is 0. The summed E-state index contributed by atoms with van der Waals surface area (Å²) in [4.78, 5) is 12.3. The molecule has 1 aromatic carbocycles. The molecular formula is C9H10N2O3S. The number of sulfone groups is 1. The Kier molecular flexibility index (Phi) is 2.15. The van der Waals surface area contributed by atoms with Gasteiger partial charge in [0.1, 0.15) is 5.88 Å². The molecule has 0 fully saturated rings. The second-order valence-corrected chi connectivity index (χ2v) is 5.32. The maximum atomic E-state index is 11.7. The van der Waals surface area contributed by atoms with Crippen LogP contribution >= 0.6 is 0 Å². The van der Waals surface area contributed by atoms with Gasteiger partial charge in [-0.1, -0.05) is 18.2 Å². The lowest BCUT2D eigenvalue weighted by molar-refractivity contribution is 0.211. The summed E-state index contributed by atoms with van der Waals surface area (Å²) in [5.41, 5.74) is 5.68. The van der Waals surface area contributed by atoms with Crippen LogP contribution in [0.25, 0.3) is 0 Å². The zero-order chi connectivity index (χ0) is 11.1. The van der Waals surface area contributed by atoms with Crippen LogP contribution in [0.5, 0.6) is 0 Å². The number of carbonyl (C=O) groups is 1. The average molecular weight is 226 g/mol. The van der Waals surface area contributed by atoms with E-state index in [4.69, 9.17) is 5.73 Å². The fourth-order valence-electron chi connectivity index (χ4n) is 1.61. The number of amides is 2. The number of rotatable bonds is 0. The molecule has 5 nitrogen and oxygen atoms in total. The Morgan fingerprint density at radius 3 is 2.67 bits per heavy atom. The molecule has 1 aliphatic heterocycles. The molecule has 80 valence electrons. The van der Waals surface area contributed by atoms with E-state index in [9.17, 15) is 13.2 Å². The van der Waals surface area contributed by atoms with Gasteiger partial charge < -0.3 is 10.6 Å². The predicted octanol–water partition coefficient (Wildman–Crippen LogP) is 0.312. The molecule has 0 aliphatic carbocycles. The highest BCUT2D eigenvalue weighted by Gasteiger charge is 2.29. The predicted molar refractivity (Wildman–Crippen MR) is 53.6 cm³/mol. The van der Waals surface area contributed by atoms with Crippen molar-refractivity contribution < 1.29 is 13.2 Å². The van der Waals surface area contributed by atoms with E-state index >= 15 is 0 Å². The van der Waals surface area contributed by atoms with Crippen molar-refractivity contribution in [1.82, 2.24) is 4.90 Å². The lowest BCUT2D eigenvalue weighted by Crippen LogP contribution is -2.42. The van der Waals surface area contributed by atoms with E-state index in [1.165, 1.54) is 0 Å². The van der Waals surface area contributed by atoms with E-state index < -0.39 is 15.9 Å². The third-order valence-electron chi connectivity index (χ3n) is 2.31. The number of hydrogen-bond acceptors (Lipinski definition) is 3. The average Bonchev–Trinajstić information content (AvgIpc) is 2.16. The highest BCUT2D eigenvalue weighted by Crippen LogP contribution is 2.24. The van der Waals surface area contributed by atoms with E-state index in [-0.39, 0.29) is 12.4 Å². The third kappa shape index (κ3) is 1.68. The van der Waals surface area contributed by atoms with Gasteiger partial charge in [-0.25, -0.2) is 13.2 Å². The largest absolute Gasteiger partial charge is 0.351 e. The zero-order valence-corrected chi connectivity index (χ0v) is 8.70. The van der Waals surface area contributed by atoms with Gasteiger partial charge in [0.15, 0.2) is 9.84 Å². The number of benzene rings is 1. The number of hydrogen-bond donors (Lipinski definition) is 1. The Labute approximate surface area is 87.4 Å².